The number of nitrogens with one attached hydrogen (secondary N) is 1. The highest BCUT2D eigenvalue weighted by atomic mass is 32.1. The average molecular weight is 311 g/mol. The van der Waals surface area contributed by atoms with Gasteiger partial charge in [0.1, 0.15) is 0 Å². The minimum Gasteiger partial charge on any atom is -0.380 e. The van der Waals surface area contributed by atoms with E-state index in [-0.39, 0.29) is 5.41 Å². The molecule has 0 spiro atoms. The molecule has 120 valence electrons. The summed E-state index contributed by atoms with van der Waals surface area (Å²) in [7, 11) is 2.10. The molecule has 0 amide bonds. The molecule has 1 aromatic heterocycles. The van der Waals surface area contributed by atoms with Crippen LogP contribution in [-0.4, -0.2) is 37.8 Å². The largest absolute Gasteiger partial charge is 0.380 e. The van der Waals surface area contributed by atoms with Crippen LogP contribution in [0.5, 0.6) is 0 Å². The maximum atomic E-state index is 5.44. The molecule has 1 saturated carbocycles. The van der Waals surface area contributed by atoms with Crippen molar-refractivity contribution in [3.05, 3.63) is 10.6 Å². The van der Waals surface area contributed by atoms with E-state index in [0.717, 1.165) is 37.5 Å². The van der Waals surface area contributed by atoms with Crippen LogP contribution in [0.15, 0.2) is 0 Å². The fourth-order valence-corrected chi connectivity index (χ4v) is 3.38. The second kappa shape index (κ2) is 7.07. The first kappa shape index (κ1) is 16.7. The second-order valence-corrected chi connectivity index (χ2v) is 7.85. The van der Waals surface area contributed by atoms with Gasteiger partial charge in [0.25, 0.3) is 0 Å². The van der Waals surface area contributed by atoms with Gasteiger partial charge in [-0.2, -0.15) is 0 Å². The molecule has 0 aliphatic heterocycles. The molecule has 2 rings (SSSR count). The zero-order chi connectivity index (χ0) is 15.5. The van der Waals surface area contributed by atoms with Crippen molar-refractivity contribution in [2.45, 2.75) is 58.5 Å². The lowest BCUT2D eigenvalue weighted by Crippen LogP contribution is -2.23. The molecule has 1 fully saturated rings. The van der Waals surface area contributed by atoms with Gasteiger partial charge in [0.15, 0.2) is 5.13 Å². The normalized spacial score (nSPS) is 15.5. The number of nitrogens with zero attached hydrogens (tertiary/aromatic N) is 2. The van der Waals surface area contributed by atoms with Gasteiger partial charge < -0.3 is 15.0 Å². The summed E-state index contributed by atoms with van der Waals surface area (Å²) in [6.07, 6.45) is 2.65. The first-order valence-corrected chi connectivity index (χ1v) is 8.76. The Labute approximate surface area is 132 Å². The van der Waals surface area contributed by atoms with Crippen LogP contribution in [0.4, 0.5) is 5.13 Å². The molecule has 0 bridgehead atoms. The molecule has 0 aromatic carbocycles. The lowest BCUT2D eigenvalue weighted by molar-refractivity contribution is 0.154. The van der Waals surface area contributed by atoms with E-state index in [1.54, 1.807) is 0 Å². The van der Waals surface area contributed by atoms with Crippen LogP contribution >= 0.6 is 11.3 Å². The van der Waals surface area contributed by atoms with Gasteiger partial charge in [-0.15, -0.1) is 11.3 Å². The van der Waals surface area contributed by atoms with Gasteiger partial charge in [-0.1, -0.05) is 20.8 Å². The predicted octanol–water partition coefficient (Wildman–Crippen LogP) is 3.17. The maximum absolute atomic E-state index is 5.44. The van der Waals surface area contributed by atoms with Crippen LogP contribution in [0.1, 0.15) is 51.1 Å². The number of hydrogen-bond acceptors (Lipinski definition) is 5. The predicted molar refractivity (Wildman–Crippen MR) is 90.4 cm³/mol. The summed E-state index contributed by atoms with van der Waals surface area (Å²) >= 11 is 1.82. The van der Waals surface area contributed by atoms with Crippen LogP contribution < -0.4 is 10.2 Å². The number of thiazole rings is 1. The summed E-state index contributed by atoms with van der Waals surface area (Å²) in [5.74, 6) is 0. The Kier molecular flexibility index (Phi) is 5.63. The van der Waals surface area contributed by atoms with Crippen molar-refractivity contribution in [1.82, 2.24) is 10.3 Å². The highest BCUT2D eigenvalue weighted by Gasteiger charge is 2.26. The molecule has 0 radical (unpaired) electrons. The van der Waals surface area contributed by atoms with Crippen molar-refractivity contribution >= 4 is 16.5 Å². The van der Waals surface area contributed by atoms with E-state index < -0.39 is 0 Å². The third-order valence-electron chi connectivity index (χ3n) is 3.63. The van der Waals surface area contributed by atoms with Gasteiger partial charge in [0.05, 0.1) is 12.3 Å². The number of aromatic nitrogens is 1. The van der Waals surface area contributed by atoms with Gasteiger partial charge in [0, 0.05) is 43.1 Å². The van der Waals surface area contributed by atoms with E-state index >= 15 is 0 Å². The van der Waals surface area contributed by atoms with Crippen molar-refractivity contribution in [3.8, 4) is 0 Å². The monoisotopic (exact) mass is 311 g/mol. The summed E-state index contributed by atoms with van der Waals surface area (Å²) in [4.78, 5) is 8.49. The van der Waals surface area contributed by atoms with E-state index in [4.69, 9.17) is 9.72 Å². The molecule has 0 atom stereocenters. The van der Waals surface area contributed by atoms with Crippen LogP contribution in [-0.2, 0) is 16.7 Å². The van der Waals surface area contributed by atoms with E-state index in [1.165, 1.54) is 23.4 Å². The molecule has 0 unspecified atom stereocenters. The van der Waals surface area contributed by atoms with Crippen molar-refractivity contribution in [3.63, 3.8) is 0 Å². The first-order valence-electron chi connectivity index (χ1n) is 7.94. The second-order valence-electron chi connectivity index (χ2n) is 6.79. The fourth-order valence-electron chi connectivity index (χ4n) is 2.17. The highest BCUT2D eigenvalue weighted by Crippen LogP contribution is 2.34. The Morgan fingerprint density at radius 1 is 1.38 bits per heavy atom. The summed E-state index contributed by atoms with van der Waals surface area (Å²) in [5.41, 5.74) is 1.33. The molecule has 1 heterocycles. The van der Waals surface area contributed by atoms with Crippen LogP contribution in [0.3, 0.4) is 0 Å². The Balaban J connectivity index is 2.06. The zero-order valence-corrected chi connectivity index (χ0v) is 14.8. The molecular weight excluding hydrogens is 282 g/mol. The van der Waals surface area contributed by atoms with Gasteiger partial charge in [-0.3, -0.25) is 0 Å². The van der Waals surface area contributed by atoms with Crippen molar-refractivity contribution < 1.29 is 4.74 Å². The van der Waals surface area contributed by atoms with Gasteiger partial charge in [-0.25, -0.2) is 4.98 Å². The van der Waals surface area contributed by atoms with Crippen molar-refractivity contribution in [2.24, 2.45) is 0 Å². The van der Waals surface area contributed by atoms with Crippen LogP contribution in [0, 0.1) is 0 Å². The average Bonchev–Trinajstić information content (AvgIpc) is 3.13. The Hall–Kier alpha value is -0.650. The van der Waals surface area contributed by atoms with E-state index in [2.05, 4.69) is 38.0 Å². The summed E-state index contributed by atoms with van der Waals surface area (Å²) in [6, 6.07) is 0.735. The topological polar surface area (TPSA) is 37.4 Å². The molecule has 4 nitrogen and oxygen atoms in total. The number of anilines is 1. The molecule has 0 saturated heterocycles. The lowest BCUT2D eigenvalue weighted by Gasteiger charge is -2.18. The Morgan fingerprint density at radius 2 is 2.10 bits per heavy atom. The SMILES string of the molecule is CCOCCN(C)c1nc(C(C)(C)C)c(CNC2CC2)s1. The van der Waals surface area contributed by atoms with E-state index in [0.29, 0.717) is 0 Å². The van der Waals surface area contributed by atoms with Crippen LogP contribution in [0.25, 0.3) is 0 Å². The summed E-state index contributed by atoms with van der Waals surface area (Å²) in [6.45, 7) is 12.1. The number of hydrogen-bond donors (Lipinski definition) is 1. The lowest BCUT2D eigenvalue weighted by atomic mass is 9.91. The molecule has 1 N–H and O–H groups in total. The van der Waals surface area contributed by atoms with Gasteiger partial charge >= 0.3 is 0 Å². The van der Waals surface area contributed by atoms with E-state index in [1.807, 2.05) is 18.3 Å². The molecule has 21 heavy (non-hydrogen) atoms. The molecule has 1 aliphatic rings. The maximum Gasteiger partial charge on any atom is 0.185 e. The third-order valence-corrected chi connectivity index (χ3v) is 4.80. The molecule has 1 aromatic rings. The van der Waals surface area contributed by atoms with E-state index in [9.17, 15) is 0 Å². The van der Waals surface area contributed by atoms with Crippen molar-refractivity contribution in [1.29, 1.82) is 0 Å². The minimum atomic E-state index is 0.0933. The van der Waals surface area contributed by atoms with Crippen LogP contribution in [0.2, 0.25) is 0 Å². The zero-order valence-electron chi connectivity index (χ0n) is 14.0. The number of ether oxygens (including phenoxy) is 1. The third kappa shape index (κ3) is 4.94. The smallest absolute Gasteiger partial charge is 0.185 e. The van der Waals surface area contributed by atoms with Gasteiger partial charge in [-0.05, 0) is 19.8 Å². The number of likely N-dealkylation sites (N-methyl/N-ethyl adjacent to an activating group) is 1. The minimum absolute atomic E-state index is 0.0933. The molecule has 1 aliphatic carbocycles. The molecule has 5 heteroatoms. The highest BCUT2D eigenvalue weighted by molar-refractivity contribution is 7.15. The number of rotatable bonds is 8. The quantitative estimate of drug-likeness (QED) is 0.748. The Bertz CT molecular complexity index is 449. The standard InChI is InChI=1S/C16H29N3OS/c1-6-20-10-9-19(5)15-18-14(16(2,3)4)13(21-15)11-17-12-7-8-12/h12,17H,6-11H2,1-5H3. The fraction of sp³-hybridized carbons (Fsp3) is 0.812. The Morgan fingerprint density at radius 3 is 2.67 bits per heavy atom. The summed E-state index contributed by atoms with van der Waals surface area (Å²) in [5, 5.41) is 4.72. The van der Waals surface area contributed by atoms with Gasteiger partial charge in [0.2, 0.25) is 0 Å². The molecular formula is C16H29N3OS. The summed E-state index contributed by atoms with van der Waals surface area (Å²) < 4.78 is 5.44. The van der Waals surface area contributed by atoms with Crippen molar-refractivity contribution in [2.75, 3.05) is 31.7 Å². The first-order chi connectivity index (χ1) is 9.91.